The van der Waals surface area contributed by atoms with Gasteiger partial charge in [-0.3, -0.25) is 14.5 Å². The molecule has 0 aromatic heterocycles. The second-order valence-corrected chi connectivity index (χ2v) is 7.12. The van der Waals surface area contributed by atoms with Crippen LogP contribution in [-0.2, 0) is 14.3 Å². The summed E-state index contributed by atoms with van der Waals surface area (Å²) in [4.78, 5) is 28.6. The van der Waals surface area contributed by atoms with E-state index in [0.717, 1.165) is 26.1 Å². The maximum Gasteiger partial charge on any atom is 0.240 e. The standard InChI is InChI=1S/C17H29N3O3/c1-13(11-19-8-4-7-16(19)21)18-17(22)15-12-23-10-9-20(15)14-5-2-3-6-14/h13-15H,2-12H2,1H3,(H,18,22). The number of nitrogens with zero attached hydrogens (tertiary/aromatic N) is 2. The number of likely N-dealkylation sites (tertiary alicyclic amines) is 1. The topological polar surface area (TPSA) is 61.9 Å². The van der Waals surface area contributed by atoms with E-state index in [4.69, 9.17) is 4.74 Å². The SMILES string of the molecule is CC(CN1CCCC1=O)NC(=O)C1COCCN1C1CCCC1. The van der Waals surface area contributed by atoms with Crippen molar-refractivity contribution in [3.63, 3.8) is 0 Å². The van der Waals surface area contributed by atoms with E-state index in [9.17, 15) is 9.59 Å². The normalized spacial score (nSPS) is 28.3. The fourth-order valence-corrected chi connectivity index (χ4v) is 4.13. The van der Waals surface area contributed by atoms with E-state index in [-0.39, 0.29) is 23.9 Å². The lowest BCUT2D eigenvalue weighted by molar-refractivity contribution is -0.136. The molecule has 0 aromatic carbocycles. The molecule has 23 heavy (non-hydrogen) atoms. The first kappa shape index (κ1) is 16.7. The van der Waals surface area contributed by atoms with Crippen molar-refractivity contribution >= 4 is 11.8 Å². The number of ether oxygens (including phenoxy) is 1. The molecule has 1 N–H and O–H groups in total. The molecule has 6 heteroatoms. The second-order valence-electron chi connectivity index (χ2n) is 7.12. The Balaban J connectivity index is 1.53. The van der Waals surface area contributed by atoms with Gasteiger partial charge in [0.15, 0.2) is 0 Å². The van der Waals surface area contributed by atoms with Crippen molar-refractivity contribution in [3.8, 4) is 0 Å². The highest BCUT2D eigenvalue weighted by molar-refractivity contribution is 5.82. The van der Waals surface area contributed by atoms with Crippen molar-refractivity contribution in [2.24, 2.45) is 0 Å². The van der Waals surface area contributed by atoms with Crippen molar-refractivity contribution in [3.05, 3.63) is 0 Å². The first-order valence-electron chi connectivity index (χ1n) is 9.07. The zero-order valence-electron chi connectivity index (χ0n) is 14.1. The van der Waals surface area contributed by atoms with Crippen LogP contribution in [0.1, 0.15) is 45.4 Å². The summed E-state index contributed by atoms with van der Waals surface area (Å²) in [6.45, 7) is 5.46. The van der Waals surface area contributed by atoms with Crippen LogP contribution in [0.15, 0.2) is 0 Å². The lowest BCUT2D eigenvalue weighted by Crippen LogP contribution is -2.58. The summed E-state index contributed by atoms with van der Waals surface area (Å²) in [6, 6.07) is 0.339. The monoisotopic (exact) mass is 323 g/mol. The first-order chi connectivity index (χ1) is 11.1. The maximum atomic E-state index is 12.7. The Morgan fingerprint density at radius 1 is 1.30 bits per heavy atom. The average molecular weight is 323 g/mol. The minimum Gasteiger partial charge on any atom is -0.378 e. The largest absolute Gasteiger partial charge is 0.378 e. The highest BCUT2D eigenvalue weighted by atomic mass is 16.5. The lowest BCUT2D eigenvalue weighted by atomic mass is 10.1. The summed E-state index contributed by atoms with van der Waals surface area (Å²) < 4.78 is 5.56. The van der Waals surface area contributed by atoms with Gasteiger partial charge in [-0.1, -0.05) is 12.8 Å². The Labute approximate surface area is 138 Å². The van der Waals surface area contributed by atoms with Crippen molar-refractivity contribution in [2.45, 2.75) is 63.6 Å². The van der Waals surface area contributed by atoms with E-state index in [2.05, 4.69) is 10.2 Å². The van der Waals surface area contributed by atoms with Crippen LogP contribution in [0, 0.1) is 0 Å². The molecule has 2 saturated heterocycles. The molecule has 3 aliphatic rings. The molecule has 6 nitrogen and oxygen atoms in total. The molecule has 3 rings (SSSR count). The fraction of sp³-hybridized carbons (Fsp3) is 0.882. The summed E-state index contributed by atoms with van der Waals surface area (Å²) in [5.41, 5.74) is 0. The summed E-state index contributed by atoms with van der Waals surface area (Å²) in [5, 5.41) is 3.10. The van der Waals surface area contributed by atoms with Gasteiger partial charge in [0.1, 0.15) is 6.04 Å². The maximum absolute atomic E-state index is 12.7. The minimum absolute atomic E-state index is 0.0168. The van der Waals surface area contributed by atoms with Gasteiger partial charge in [0.25, 0.3) is 0 Å². The third-order valence-corrected chi connectivity index (χ3v) is 5.32. The van der Waals surface area contributed by atoms with Crippen LogP contribution in [0.2, 0.25) is 0 Å². The third-order valence-electron chi connectivity index (χ3n) is 5.32. The van der Waals surface area contributed by atoms with Gasteiger partial charge in [0, 0.05) is 38.1 Å². The summed E-state index contributed by atoms with van der Waals surface area (Å²) in [6.07, 6.45) is 6.51. The van der Waals surface area contributed by atoms with Crippen LogP contribution in [0.3, 0.4) is 0 Å². The van der Waals surface area contributed by atoms with Crippen molar-refractivity contribution in [1.82, 2.24) is 15.1 Å². The van der Waals surface area contributed by atoms with Gasteiger partial charge >= 0.3 is 0 Å². The predicted molar refractivity (Wildman–Crippen MR) is 87.0 cm³/mol. The zero-order valence-corrected chi connectivity index (χ0v) is 14.1. The smallest absolute Gasteiger partial charge is 0.240 e. The number of nitrogens with one attached hydrogen (secondary N) is 1. The second kappa shape index (κ2) is 7.62. The molecular weight excluding hydrogens is 294 g/mol. The van der Waals surface area contributed by atoms with Gasteiger partial charge in [-0.25, -0.2) is 0 Å². The number of carbonyl (C=O) groups is 2. The highest BCUT2D eigenvalue weighted by Crippen LogP contribution is 2.26. The summed E-state index contributed by atoms with van der Waals surface area (Å²) in [7, 11) is 0. The molecule has 2 aliphatic heterocycles. The van der Waals surface area contributed by atoms with Gasteiger partial charge in [0.05, 0.1) is 13.2 Å². The molecule has 2 atom stereocenters. The Morgan fingerprint density at radius 3 is 2.78 bits per heavy atom. The molecule has 2 amide bonds. The van der Waals surface area contributed by atoms with E-state index in [1.165, 1.54) is 25.7 Å². The van der Waals surface area contributed by atoms with E-state index in [0.29, 0.717) is 25.6 Å². The van der Waals surface area contributed by atoms with Crippen LogP contribution in [0.4, 0.5) is 0 Å². The third kappa shape index (κ3) is 4.04. The molecule has 130 valence electrons. The average Bonchev–Trinajstić information content (AvgIpc) is 3.20. The van der Waals surface area contributed by atoms with Crippen LogP contribution < -0.4 is 5.32 Å². The van der Waals surface area contributed by atoms with Gasteiger partial charge in [0.2, 0.25) is 11.8 Å². The number of carbonyl (C=O) groups excluding carboxylic acids is 2. The summed E-state index contributed by atoms with van der Waals surface area (Å²) in [5.74, 6) is 0.260. The van der Waals surface area contributed by atoms with Gasteiger partial charge in [-0.05, 0) is 26.2 Å². The Morgan fingerprint density at radius 2 is 2.09 bits per heavy atom. The predicted octanol–water partition coefficient (Wildman–Crippen LogP) is 0.757. The van der Waals surface area contributed by atoms with Crippen LogP contribution in [0.5, 0.6) is 0 Å². The Bertz CT molecular complexity index is 437. The van der Waals surface area contributed by atoms with Gasteiger partial charge in [-0.15, -0.1) is 0 Å². The van der Waals surface area contributed by atoms with Crippen LogP contribution >= 0.6 is 0 Å². The molecule has 0 bridgehead atoms. The molecule has 1 saturated carbocycles. The number of morpholine rings is 1. The molecule has 2 unspecified atom stereocenters. The minimum atomic E-state index is -0.177. The molecule has 3 fully saturated rings. The number of hydrogen-bond donors (Lipinski definition) is 1. The number of rotatable bonds is 5. The van der Waals surface area contributed by atoms with Crippen LogP contribution in [-0.4, -0.2) is 72.6 Å². The van der Waals surface area contributed by atoms with E-state index < -0.39 is 0 Å². The number of amides is 2. The quantitative estimate of drug-likeness (QED) is 0.811. The van der Waals surface area contributed by atoms with E-state index in [1.54, 1.807) is 0 Å². The van der Waals surface area contributed by atoms with E-state index in [1.807, 2.05) is 11.8 Å². The molecule has 2 heterocycles. The molecule has 0 aromatic rings. The van der Waals surface area contributed by atoms with Gasteiger partial charge in [-0.2, -0.15) is 0 Å². The molecular formula is C17H29N3O3. The Hall–Kier alpha value is -1.14. The van der Waals surface area contributed by atoms with Crippen molar-refractivity contribution < 1.29 is 14.3 Å². The number of hydrogen-bond acceptors (Lipinski definition) is 4. The first-order valence-corrected chi connectivity index (χ1v) is 9.07. The fourth-order valence-electron chi connectivity index (χ4n) is 4.13. The molecule has 0 spiro atoms. The van der Waals surface area contributed by atoms with Crippen molar-refractivity contribution in [2.75, 3.05) is 32.8 Å². The van der Waals surface area contributed by atoms with Crippen LogP contribution in [0.25, 0.3) is 0 Å². The van der Waals surface area contributed by atoms with E-state index >= 15 is 0 Å². The lowest BCUT2D eigenvalue weighted by Gasteiger charge is -2.39. The Kier molecular flexibility index (Phi) is 5.54. The zero-order chi connectivity index (χ0) is 16.2. The van der Waals surface area contributed by atoms with Gasteiger partial charge < -0.3 is 15.0 Å². The summed E-state index contributed by atoms with van der Waals surface area (Å²) >= 11 is 0. The van der Waals surface area contributed by atoms with Crippen molar-refractivity contribution in [1.29, 1.82) is 0 Å². The molecule has 1 aliphatic carbocycles. The molecule has 0 radical (unpaired) electrons. The highest BCUT2D eigenvalue weighted by Gasteiger charge is 2.36.